The second kappa shape index (κ2) is 6.09. The topological polar surface area (TPSA) is 78.9 Å². The van der Waals surface area contributed by atoms with E-state index in [0.29, 0.717) is 6.54 Å². The van der Waals surface area contributed by atoms with E-state index in [0.717, 1.165) is 4.88 Å². The van der Waals surface area contributed by atoms with E-state index in [-0.39, 0.29) is 0 Å². The van der Waals surface area contributed by atoms with Gasteiger partial charge in [0, 0.05) is 11.9 Å². The largest absolute Gasteiger partial charge is 0.479 e. The van der Waals surface area contributed by atoms with Gasteiger partial charge in [0.25, 0.3) is 0 Å². The lowest BCUT2D eigenvalue weighted by molar-refractivity contribution is -0.144. The number of hydroxylamine groups is 1. The highest BCUT2D eigenvalue weighted by Crippen LogP contribution is 2.10. The van der Waals surface area contributed by atoms with Gasteiger partial charge >= 0.3 is 12.0 Å². The maximum atomic E-state index is 11.4. The van der Waals surface area contributed by atoms with Gasteiger partial charge in [0.2, 0.25) is 0 Å². The van der Waals surface area contributed by atoms with Crippen LogP contribution in [-0.4, -0.2) is 35.7 Å². The first-order valence-corrected chi connectivity index (χ1v) is 5.34. The third-order valence-electron chi connectivity index (χ3n) is 1.67. The van der Waals surface area contributed by atoms with Crippen molar-refractivity contribution in [3.05, 3.63) is 22.4 Å². The summed E-state index contributed by atoms with van der Waals surface area (Å²) < 4.78 is 0. The average molecular weight is 244 g/mol. The molecule has 0 radical (unpaired) electrons. The number of rotatable bonds is 5. The van der Waals surface area contributed by atoms with Crippen LogP contribution in [0, 0.1) is 0 Å². The molecule has 1 heterocycles. The Morgan fingerprint density at radius 1 is 1.62 bits per heavy atom. The zero-order chi connectivity index (χ0) is 12.0. The van der Waals surface area contributed by atoms with Crippen molar-refractivity contribution < 1.29 is 19.5 Å². The Balaban J connectivity index is 2.28. The molecule has 6 nitrogen and oxygen atoms in total. The predicted molar refractivity (Wildman–Crippen MR) is 57.9 cm³/mol. The van der Waals surface area contributed by atoms with Gasteiger partial charge in [-0.1, -0.05) is 6.07 Å². The maximum absolute atomic E-state index is 11.4. The van der Waals surface area contributed by atoms with Gasteiger partial charge in [0.15, 0.2) is 6.61 Å². The molecule has 0 saturated carbocycles. The fourth-order valence-electron chi connectivity index (χ4n) is 0.946. The SMILES string of the molecule is CN(Cc1cccs1)C(=O)NOCC(=O)O. The van der Waals surface area contributed by atoms with E-state index >= 15 is 0 Å². The van der Waals surface area contributed by atoms with Crippen LogP contribution < -0.4 is 5.48 Å². The first-order chi connectivity index (χ1) is 7.59. The van der Waals surface area contributed by atoms with Gasteiger partial charge in [0.05, 0.1) is 6.54 Å². The molecule has 1 aromatic heterocycles. The number of amides is 2. The molecule has 0 aliphatic heterocycles. The lowest BCUT2D eigenvalue weighted by atomic mass is 10.4. The summed E-state index contributed by atoms with van der Waals surface area (Å²) in [6, 6.07) is 3.33. The number of carboxylic acids is 1. The Morgan fingerprint density at radius 3 is 2.94 bits per heavy atom. The number of carbonyl (C=O) groups is 2. The Hall–Kier alpha value is -1.60. The minimum absolute atomic E-state index is 0.458. The Kier molecular flexibility index (Phi) is 4.74. The number of nitrogens with one attached hydrogen (secondary N) is 1. The number of carbonyl (C=O) groups excluding carboxylic acids is 1. The van der Waals surface area contributed by atoms with Crippen molar-refractivity contribution in [2.24, 2.45) is 0 Å². The van der Waals surface area contributed by atoms with Crippen LogP contribution in [0.4, 0.5) is 4.79 Å². The van der Waals surface area contributed by atoms with Crippen LogP contribution in [0.25, 0.3) is 0 Å². The second-order valence-electron chi connectivity index (χ2n) is 3.03. The van der Waals surface area contributed by atoms with Crippen molar-refractivity contribution in [1.82, 2.24) is 10.4 Å². The molecule has 0 atom stereocenters. The molecule has 2 amide bonds. The smallest absolute Gasteiger partial charge is 0.341 e. The third-order valence-corrected chi connectivity index (χ3v) is 2.54. The molecule has 0 fully saturated rings. The van der Waals surface area contributed by atoms with Crippen molar-refractivity contribution in [3.8, 4) is 0 Å². The second-order valence-corrected chi connectivity index (χ2v) is 4.06. The van der Waals surface area contributed by atoms with Crippen LogP contribution in [0.3, 0.4) is 0 Å². The number of carboxylic acid groups (broad SMARTS) is 1. The first kappa shape index (κ1) is 12.5. The van der Waals surface area contributed by atoms with Gasteiger partial charge in [-0.25, -0.2) is 15.1 Å². The fourth-order valence-corrected chi connectivity index (χ4v) is 1.70. The summed E-state index contributed by atoms with van der Waals surface area (Å²) >= 11 is 1.54. The molecule has 16 heavy (non-hydrogen) atoms. The number of urea groups is 1. The number of hydrogen-bond donors (Lipinski definition) is 2. The normalized spacial score (nSPS) is 9.81. The van der Waals surface area contributed by atoms with Gasteiger partial charge in [-0.2, -0.15) is 0 Å². The standard InChI is InChI=1S/C9H12N2O4S/c1-11(5-7-3-2-4-16-7)9(14)10-15-6-8(12)13/h2-4H,5-6H2,1H3,(H,10,14)(H,12,13). The highest BCUT2D eigenvalue weighted by molar-refractivity contribution is 7.09. The van der Waals surface area contributed by atoms with Gasteiger partial charge in [0.1, 0.15) is 0 Å². The average Bonchev–Trinajstić information content (AvgIpc) is 2.69. The summed E-state index contributed by atoms with van der Waals surface area (Å²) in [5.41, 5.74) is 2.04. The molecule has 0 saturated heterocycles. The highest BCUT2D eigenvalue weighted by atomic mass is 32.1. The fraction of sp³-hybridized carbons (Fsp3) is 0.333. The molecule has 0 aliphatic rings. The van der Waals surface area contributed by atoms with Crippen molar-refractivity contribution in [1.29, 1.82) is 0 Å². The van der Waals surface area contributed by atoms with Crippen LogP contribution in [-0.2, 0) is 16.2 Å². The Bertz CT molecular complexity index is 352. The molecule has 0 bridgehead atoms. The van der Waals surface area contributed by atoms with Crippen LogP contribution >= 0.6 is 11.3 Å². The van der Waals surface area contributed by atoms with E-state index in [1.165, 1.54) is 4.90 Å². The van der Waals surface area contributed by atoms with Gasteiger partial charge in [-0.3, -0.25) is 4.84 Å². The zero-order valence-corrected chi connectivity index (χ0v) is 9.49. The molecular formula is C9H12N2O4S. The van der Waals surface area contributed by atoms with Crippen LogP contribution in [0.15, 0.2) is 17.5 Å². The molecule has 0 aromatic carbocycles. The molecular weight excluding hydrogens is 232 g/mol. The predicted octanol–water partition coefficient (Wildman–Crippen LogP) is 0.906. The van der Waals surface area contributed by atoms with Gasteiger partial charge in [-0.05, 0) is 11.4 Å². The summed E-state index contributed by atoms with van der Waals surface area (Å²) in [7, 11) is 1.60. The van der Waals surface area contributed by atoms with Crippen molar-refractivity contribution in [2.45, 2.75) is 6.54 Å². The minimum atomic E-state index is -1.14. The van der Waals surface area contributed by atoms with Crippen molar-refractivity contribution in [3.63, 3.8) is 0 Å². The van der Waals surface area contributed by atoms with E-state index in [9.17, 15) is 9.59 Å². The third kappa shape index (κ3) is 4.28. The number of aliphatic carboxylic acids is 1. The summed E-state index contributed by atoms with van der Waals surface area (Å²) in [6.07, 6.45) is 0. The van der Waals surface area contributed by atoms with Gasteiger partial charge < -0.3 is 10.0 Å². The Labute approximate surface area is 96.4 Å². The summed E-state index contributed by atoms with van der Waals surface area (Å²) in [4.78, 5) is 28.4. The quantitative estimate of drug-likeness (QED) is 0.754. The first-order valence-electron chi connectivity index (χ1n) is 4.46. The summed E-state index contributed by atoms with van der Waals surface area (Å²) in [5.74, 6) is -1.14. The van der Waals surface area contributed by atoms with E-state index < -0.39 is 18.6 Å². The van der Waals surface area contributed by atoms with E-state index in [4.69, 9.17) is 5.11 Å². The van der Waals surface area contributed by atoms with Crippen LogP contribution in [0.1, 0.15) is 4.88 Å². The van der Waals surface area contributed by atoms with E-state index in [2.05, 4.69) is 4.84 Å². The molecule has 2 N–H and O–H groups in total. The molecule has 0 spiro atoms. The molecule has 88 valence electrons. The summed E-state index contributed by atoms with van der Waals surface area (Å²) in [6.45, 7) is -0.0987. The lowest BCUT2D eigenvalue weighted by Crippen LogP contribution is -2.37. The van der Waals surface area contributed by atoms with Crippen LogP contribution in [0.5, 0.6) is 0 Å². The monoisotopic (exact) mass is 244 g/mol. The molecule has 1 rings (SSSR count). The lowest BCUT2D eigenvalue weighted by Gasteiger charge is -2.16. The highest BCUT2D eigenvalue weighted by Gasteiger charge is 2.09. The van der Waals surface area contributed by atoms with Crippen molar-refractivity contribution in [2.75, 3.05) is 13.7 Å². The molecule has 7 heteroatoms. The zero-order valence-electron chi connectivity index (χ0n) is 8.67. The molecule has 0 unspecified atom stereocenters. The maximum Gasteiger partial charge on any atom is 0.341 e. The Morgan fingerprint density at radius 2 is 2.38 bits per heavy atom. The number of nitrogens with zero attached hydrogens (tertiary/aromatic N) is 1. The summed E-state index contributed by atoms with van der Waals surface area (Å²) in [5, 5.41) is 10.2. The molecule has 0 aliphatic carbocycles. The van der Waals surface area contributed by atoms with Crippen LogP contribution in [0.2, 0.25) is 0 Å². The van der Waals surface area contributed by atoms with E-state index in [1.807, 2.05) is 23.0 Å². The van der Waals surface area contributed by atoms with Crippen molar-refractivity contribution >= 4 is 23.3 Å². The minimum Gasteiger partial charge on any atom is -0.479 e. The van der Waals surface area contributed by atoms with E-state index in [1.54, 1.807) is 18.4 Å². The number of thiophene rings is 1. The van der Waals surface area contributed by atoms with Gasteiger partial charge in [-0.15, -0.1) is 11.3 Å². The molecule has 1 aromatic rings. The number of hydrogen-bond acceptors (Lipinski definition) is 4.